The molecule has 1 heterocycles. The van der Waals surface area contributed by atoms with E-state index in [0.29, 0.717) is 49.1 Å². The molecule has 1 aliphatic heterocycles. The molecule has 160 valence electrons. The zero-order valence-electron chi connectivity index (χ0n) is 17.1. The van der Waals surface area contributed by atoms with E-state index in [1.54, 1.807) is 41.7 Å². The Morgan fingerprint density at radius 3 is 2.33 bits per heavy atom. The quantitative estimate of drug-likeness (QED) is 0.606. The molecule has 2 amide bonds. The van der Waals surface area contributed by atoms with Gasteiger partial charge in [-0.05, 0) is 49.4 Å². The highest BCUT2D eigenvalue weighted by molar-refractivity contribution is 7.98. The van der Waals surface area contributed by atoms with Crippen molar-refractivity contribution in [2.75, 3.05) is 39.9 Å². The molecule has 3 rings (SSSR count). The highest BCUT2D eigenvalue weighted by Gasteiger charge is 2.26. The average molecular weight is 449 g/mol. The summed E-state index contributed by atoms with van der Waals surface area (Å²) in [5.74, 6) is 1.38. The van der Waals surface area contributed by atoms with E-state index in [4.69, 9.17) is 21.1 Å². The van der Waals surface area contributed by atoms with Gasteiger partial charge in [0.25, 0.3) is 5.91 Å². The SMILES string of the molecule is CCOC(=O)N1CCN(C(=O)c2ccc(OC)c(CSc3ccc(Cl)cc3)c2)CC1. The summed E-state index contributed by atoms with van der Waals surface area (Å²) in [4.78, 5) is 29.3. The summed E-state index contributed by atoms with van der Waals surface area (Å²) in [6, 6.07) is 13.2. The molecular formula is C22H25ClN2O4S. The second-order valence-electron chi connectivity index (χ2n) is 6.75. The number of rotatable bonds is 6. The molecule has 0 saturated carbocycles. The molecule has 2 aromatic carbocycles. The normalized spacial score (nSPS) is 13.8. The van der Waals surface area contributed by atoms with E-state index in [2.05, 4.69) is 0 Å². The van der Waals surface area contributed by atoms with Crippen LogP contribution in [0.25, 0.3) is 0 Å². The van der Waals surface area contributed by atoms with E-state index in [-0.39, 0.29) is 12.0 Å². The summed E-state index contributed by atoms with van der Waals surface area (Å²) in [5, 5.41) is 0.701. The van der Waals surface area contributed by atoms with Gasteiger partial charge in [-0.1, -0.05) is 11.6 Å². The third kappa shape index (κ3) is 5.61. The lowest BCUT2D eigenvalue weighted by molar-refractivity contribution is 0.0570. The zero-order chi connectivity index (χ0) is 21.5. The Kier molecular flexibility index (Phi) is 7.87. The van der Waals surface area contributed by atoms with Gasteiger partial charge in [-0.2, -0.15) is 0 Å². The van der Waals surface area contributed by atoms with Gasteiger partial charge in [0.1, 0.15) is 5.75 Å². The van der Waals surface area contributed by atoms with Gasteiger partial charge in [0.15, 0.2) is 0 Å². The summed E-state index contributed by atoms with van der Waals surface area (Å²) >= 11 is 7.60. The second kappa shape index (κ2) is 10.6. The minimum Gasteiger partial charge on any atom is -0.496 e. The summed E-state index contributed by atoms with van der Waals surface area (Å²) in [6.45, 7) is 4.04. The van der Waals surface area contributed by atoms with Crippen LogP contribution in [0.5, 0.6) is 5.75 Å². The van der Waals surface area contributed by atoms with E-state index in [0.717, 1.165) is 16.2 Å². The van der Waals surface area contributed by atoms with E-state index < -0.39 is 0 Å². The first-order chi connectivity index (χ1) is 14.5. The van der Waals surface area contributed by atoms with Crippen LogP contribution < -0.4 is 4.74 Å². The third-order valence-electron chi connectivity index (χ3n) is 4.83. The summed E-state index contributed by atoms with van der Waals surface area (Å²) < 4.78 is 10.5. The number of hydrogen-bond acceptors (Lipinski definition) is 5. The maximum absolute atomic E-state index is 13.0. The van der Waals surface area contributed by atoms with Crippen LogP contribution in [0.3, 0.4) is 0 Å². The van der Waals surface area contributed by atoms with Gasteiger partial charge in [0, 0.05) is 53.0 Å². The number of hydrogen-bond donors (Lipinski definition) is 0. The maximum Gasteiger partial charge on any atom is 0.409 e. The van der Waals surface area contributed by atoms with Gasteiger partial charge in [-0.25, -0.2) is 4.79 Å². The molecule has 2 aromatic rings. The number of piperazine rings is 1. The maximum atomic E-state index is 13.0. The van der Waals surface area contributed by atoms with E-state index in [1.165, 1.54) is 0 Å². The van der Waals surface area contributed by atoms with E-state index in [1.807, 2.05) is 36.4 Å². The van der Waals surface area contributed by atoms with Crippen LogP contribution in [-0.4, -0.2) is 61.7 Å². The lowest BCUT2D eigenvalue weighted by Gasteiger charge is -2.34. The number of benzene rings is 2. The molecule has 30 heavy (non-hydrogen) atoms. The predicted molar refractivity (Wildman–Crippen MR) is 119 cm³/mol. The molecule has 8 heteroatoms. The van der Waals surface area contributed by atoms with Crippen LogP contribution in [-0.2, 0) is 10.5 Å². The van der Waals surface area contributed by atoms with Gasteiger partial charge >= 0.3 is 6.09 Å². The van der Waals surface area contributed by atoms with Crippen molar-refractivity contribution in [1.29, 1.82) is 0 Å². The van der Waals surface area contributed by atoms with Gasteiger partial charge in [-0.3, -0.25) is 4.79 Å². The smallest absolute Gasteiger partial charge is 0.409 e. The Balaban J connectivity index is 1.65. The molecule has 0 bridgehead atoms. The number of ether oxygens (including phenoxy) is 2. The first kappa shape index (κ1) is 22.3. The Labute approximate surface area is 186 Å². The summed E-state index contributed by atoms with van der Waals surface area (Å²) in [7, 11) is 1.63. The molecule has 6 nitrogen and oxygen atoms in total. The number of amides is 2. The molecule has 0 aliphatic carbocycles. The largest absolute Gasteiger partial charge is 0.496 e. The van der Waals surface area contributed by atoms with E-state index >= 15 is 0 Å². The summed E-state index contributed by atoms with van der Waals surface area (Å²) in [5.41, 5.74) is 1.57. The fraction of sp³-hybridized carbons (Fsp3) is 0.364. The molecule has 1 saturated heterocycles. The van der Waals surface area contributed by atoms with E-state index in [9.17, 15) is 9.59 Å². The molecule has 0 aromatic heterocycles. The zero-order valence-corrected chi connectivity index (χ0v) is 18.7. The lowest BCUT2D eigenvalue weighted by atomic mass is 10.1. The Morgan fingerprint density at radius 2 is 1.70 bits per heavy atom. The van der Waals surface area contributed by atoms with Crippen LogP contribution in [0.2, 0.25) is 5.02 Å². The van der Waals surface area contributed by atoms with Crippen LogP contribution in [0.15, 0.2) is 47.4 Å². The number of thioether (sulfide) groups is 1. The number of carbonyl (C=O) groups is 2. The minimum absolute atomic E-state index is 0.0427. The highest BCUT2D eigenvalue weighted by atomic mass is 35.5. The van der Waals surface area contributed by atoms with Crippen LogP contribution >= 0.6 is 23.4 Å². The fourth-order valence-electron chi connectivity index (χ4n) is 3.21. The van der Waals surface area contributed by atoms with Crippen molar-refractivity contribution >= 4 is 35.4 Å². The van der Waals surface area contributed by atoms with Crippen molar-refractivity contribution in [1.82, 2.24) is 9.80 Å². The molecule has 0 atom stereocenters. The Bertz CT molecular complexity index is 883. The van der Waals surface area contributed by atoms with Crippen molar-refractivity contribution < 1.29 is 19.1 Å². The van der Waals surface area contributed by atoms with Crippen molar-refractivity contribution in [3.05, 3.63) is 58.6 Å². The van der Waals surface area contributed by atoms with Crippen molar-refractivity contribution in [2.45, 2.75) is 17.6 Å². The topological polar surface area (TPSA) is 59.1 Å². The molecule has 1 aliphatic rings. The fourth-order valence-corrected chi connectivity index (χ4v) is 4.21. The van der Waals surface area contributed by atoms with Gasteiger partial charge in [-0.15, -0.1) is 11.8 Å². The molecule has 0 radical (unpaired) electrons. The van der Waals surface area contributed by atoms with Gasteiger partial charge in [0.05, 0.1) is 13.7 Å². The number of carbonyl (C=O) groups excluding carboxylic acids is 2. The highest BCUT2D eigenvalue weighted by Crippen LogP contribution is 2.30. The Morgan fingerprint density at radius 1 is 1.03 bits per heavy atom. The molecular weight excluding hydrogens is 424 g/mol. The number of methoxy groups -OCH3 is 1. The van der Waals surface area contributed by atoms with Gasteiger partial charge in [0.2, 0.25) is 0 Å². The second-order valence-corrected chi connectivity index (χ2v) is 8.23. The van der Waals surface area contributed by atoms with Crippen LogP contribution in [0, 0.1) is 0 Å². The lowest BCUT2D eigenvalue weighted by Crippen LogP contribution is -2.50. The first-order valence-electron chi connectivity index (χ1n) is 9.78. The predicted octanol–water partition coefficient (Wildman–Crippen LogP) is 4.56. The number of nitrogens with zero attached hydrogens (tertiary/aromatic N) is 2. The molecule has 0 unspecified atom stereocenters. The molecule has 0 N–H and O–H groups in total. The van der Waals surface area contributed by atoms with Crippen molar-refractivity contribution in [2.24, 2.45) is 0 Å². The van der Waals surface area contributed by atoms with Crippen molar-refractivity contribution in [3.63, 3.8) is 0 Å². The van der Waals surface area contributed by atoms with Crippen molar-refractivity contribution in [3.8, 4) is 5.75 Å². The Hall–Kier alpha value is -2.38. The van der Waals surface area contributed by atoms with Gasteiger partial charge < -0.3 is 19.3 Å². The molecule has 0 spiro atoms. The van der Waals surface area contributed by atoms with Crippen LogP contribution in [0.4, 0.5) is 4.79 Å². The minimum atomic E-state index is -0.324. The summed E-state index contributed by atoms with van der Waals surface area (Å²) in [6.07, 6.45) is -0.324. The standard InChI is InChI=1S/C22H25ClN2O4S/c1-3-29-22(27)25-12-10-24(11-13-25)21(26)16-4-9-20(28-2)17(14-16)15-30-19-7-5-18(23)6-8-19/h4-9,14H,3,10-13,15H2,1-2H3. The monoisotopic (exact) mass is 448 g/mol. The number of halogens is 1. The first-order valence-corrected chi connectivity index (χ1v) is 11.1. The average Bonchev–Trinajstić information content (AvgIpc) is 2.78. The van der Waals surface area contributed by atoms with Crippen LogP contribution in [0.1, 0.15) is 22.8 Å². The third-order valence-corrected chi connectivity index (χ3v) is 6.14. The molecule has 1 fully saturated rings.